The van der Waals surface area contributed by atoms with E-state index in [2.05, 4.69) is 39.9 Å². The maximum absolute atomic E-state index is 12.8. The van der Waals surface area contributed by atoms with Crippen LogP contribution in [0, 0.1) is 0 Å². The zero-order valence-corrected chi connectivity index (χ0v) is 20.5. The number of amides is 1. The Balaban J connectivity index is 1.54. The number of ether oxygens (including phenoxy) is 3. The third kappa shape index (κ3) is 5.11. The number of nitrogens with zero attached hydrogens (tertiary/aromatic N) is 1. The van der Waals surface area contributed by atoms with Crippen molar-refractivity contribution in [3.63, 3.8) is 0 Å². The van der Waals surface area contributed by atoms with Crippen molar-refractivity contribution in [2.75, 3.05) is 39.7 Å². The first-order valence-electron chi connectivity index (χ1n) is 10.7. The number of nitrogens with one attached hydrogen (secondary N) is 1. The summed E-state index contributed by atoms with van der Waals surface area (Å²) in [4.78, 5) is 16.4. The third-order valence-corrected chi connectivity index (χ3v) is 7.01. The Bertz CT molecular complexity index is 1120. The van der Waals surface area contributed by atoms with E-state index in [0.717, 1.165) is 18.7 Å². The van der Waals surface area contributed by atoms with Crippen LogP contribution in [-0.2, 0) is 11.2 Å². The molecule has 1 atom stereocenters. The number of carbonyl (C=O) groups is 1. The van der Waals surface area contributed by atoms with Crippen molar-refractivity contribution in [1.29, 1.82) is 0 Å². The molecule has 0 radical (unpaired) electrons. The van der Waals surface area contributed by atoms with E-state index < -0.39 is 0 Å². The van der Waals surface area contributed by atoms with Gasteiger partial charge in [-0.05, 0) is 59.3 Å². The second-order valence-electron chi connectivity index (χ2n) is 7.75. The molecule has 2 aromatic carbocycles. The van der Waals surface area contributed by atoms with E-state index in [0.29, 0.717) is 35.2 Å². The Kier molecular flexibility index (Phi) is 7.42. The van der Waals surface area contributed by atoms with Gasteiger partial charge in [-0.1, -0.05) is 17.7 Å². The molecule has 0 saturated carbocycles. The molecule has 0 saturated heterocycles. The van der Waals surface area contributed by atoms with Gasteiger partial charge in [-0.2, -0.15) is 0 Å². The summed E-state index contributed by atoms with van der Waals surface area (Å²) in [6, 6.07) is 13.6. The number of carbonyl (C=O) groups excluding carboxylic acids is 1. The minimum absolute atomic E-state index is 0.0575. The smallest absolute Gasteiger partial charge is 0.225 e. The van der Waals surface area contributed by atoms with Gasteiger partial charge in [-0.25, -0.2) is 0 Å². The van der Waals surface area contributed by atoms with E-state index in [1.165, 1.54) is 16.0 Å². The molecular weight excluding hydrogens is 460 g/mol. The van der Waals surface area contributed by atoms with Crippen LogP contribution in [0.1, 0.15) is 28.5 Å². The number of anilines is 1. The number of fused-ring (bicyclic) bond motifs is 1. The molecule has 6 nitrogen and oxygen atoms in total. The number of halogens is 1. The first kappa shape index (κ1) is 23.4. The molecule has 1 aliphatic heterocycles. The summed E-state index contributed by atoms with van der Waals surface area (Å²) in [5.74, 6) is 1.95. The van der Waals surface area contributed by atoms with Crippen LogP contribution in [0.3, 0.4) is 0 Å². The largest absolute Gasteiger partial charge is 0.495 e. The lowest BCUT2D eigenvalue weighted by atomic mass is 9.90. The number of benzene rings is 2. The molecule has 0 spiro atoms. The summed E-state index contributed by atoms with van der Waals surface area (Å²) in [6.45, 7) is 1.46. The van der Waals surface area contributed by atoms with Crippen molar-refractivity contribution in [3.05, 3.63) is 68.9 Å². The predicted molar refractivity (Wildman–Crippen MR) is 132 cm³/mol. The second-order valence-corrected chi connectivity index (χ2v) is 9.17. The Morgan fingerprint density at radius 3 is 2.55 bits per heavy atom. The number of rotatable bonds is 8. The highest BCUT2D eigenvalue weighted by molar-refractivity contribution is 7.10. The fourth-order valence-electron chi connectivity index (χ4n) is 4.25. The summed E-state index contributed by atoms with van der Waals surface area (Å²) in [7, 11) is 4.88. The molecule has 0 fully saturated rings. The predicted octanol–water partition coefficient (Wildman–Crippen LogP) is 5.40. The van der Waals surface area contributed by atoms with Gasteiger partial charge in [0.1, 0.15) is 5.75 Å². The van der Waals surface area contributed by atoms with Gasteiger partial charge < -0.3 is 19.5 Å². The van der Waals surface area contributed by atoms with Crippen molar-refractivity contribution in [1.82, 2.24) is 4.90 Å². The van der Waals surface area contributed by atoms with Crippen LogP contribution in [0.4, 0.5) is 5.69 Å². The van der Waals surface area contributed by atoms with Gasteiger partial charge in [-0.3, -0.25) is 9.69 Å². The topological polar surface area (TPSA) is 60.0 Å². The summed E-state index contributed by atoms with van der Waals surface area (Å²) < 4.78 is 16.4. The van der Waals surface area contributed by atoms with Crippen LogP contribution in [0.5, 0.6) is 17.2 Å². The molecule has 8 heteroatoms. The van der Waals surface area contributed by atoms with Gasteiger partial charge in [0, 0.05) is 29.4 Å². The molecule has 2 heterocycles. The first-order chi connectivity index (χ1) is 16.0. The standard InChI is InChI=1S/C25H27ClN2O4S/c1-30-20-7-6-17(26)14-19(20)27-24(29)9-11-28-10-8-16-13-21(31-2)22(32-3)15-18(16)25(28)23-5-4-12-33-23/h4-7,12-15,25H,8-11H2,1-3H3,(H,27,29). The minimum atomic E-state index is -0.0846. The van der Waals surface area contributed by atoms with Crippen LogP contribution in [0.15, 0.2) is 47.8 Å². The number of methoxy groups -OCH3 is 3. The monoisotopic (exact) mass is 486 g/mol. The number of thiophene rings is 1. The average Bonchev–Trinajstić information content (AvgIpc) is 3.36. The summed E-state index contributed by atoms with van der Waals surface area (Å²) in [5.41, 5.74) is 3.01. The molecule has 1 aromatic heterocycles. The highest BCUT2D eigenvalue weighted by Crippen LogP contribution is 2.42. The Morgan fingerprint density at radius 2 is 1.85 bits per heavy atom. The SMILES string of the molecule is COc1ccc(Cl)cc1NC(=O)CCN1CCc2cc(OC)c(OC)cc2C1c1cccs1. The lowest BCUT2D eigenvalue weighted by Gasteiger charge is -2.37. The van der Waals surface area contributed by atoms with Gasteiger partial charge >= 0.3 is 0 Å². The summed E-state index contributed by atoms with van der Waals surface area (Å²) in [6.07, 6.45) is 1.22. The highest BCUT2D eigenvalue weighted by atomic mass is 35.5. The maximum Gasteiger partial charge on any atom is 0.225 e. The third-order valence-electron chi connectivity index (χ3n) is 5.85. The maximum atomic E-state index is 12.8. The van der Waals surface area contributed by atoms with Crippen LogP contribution in [0.25, 0.3) is 0 Å². The van der Waals surface area contributed by atoms with E-state index >= 15 is 0 Å². The lowest BCUT2D eigenvalue weighted by Crippen LogP contribution is -2.37. The number of hydrogen-bond donors (Lipinski definition) is 1. The lowest BCUT2D eigenvalue weighted by molar-refractivity contribution is -0.116. The quantitative estimate of drug-likeness (QED) is 0.461. The Hall–Kier alpha value is -2.74. The zero-order valence-electron chi connectivity index (χ0n) is 18.9. The molecule has 174 valence electrons. The fourth-order valence-corrected chi connectivity index (χ4v) is 5.30. The molecule has 4 rings (SSSR count). The van der Waals surface area contributed by atoms with Crippen molar-refractivity contribution in [3.8, 4) is 17.2 Å². The van der Waals surface area contributed by atoms with Crippen LogP contribution in [0.2, 0.25) is 5.02 Å². The average molecular weight is 487 g/mol. The zero-order chi connectivity index (χ0) is 23.4. The van der Waals surface area contributed by atoms with Gasteiger partial charge in [0.15, 0.2) is 11.5 Å². The Morgan fingerprint density at radius 1 is 1.09 bits per heavy atom. The Labute approximate surface area is 203 Å². The van der Waals surface area contributed by atoms with Crippen LogP contribution >= 0.6 is 22.9 Å². The molecule has 1 amide bonds. The van der Waals surface area contributed by atoms with Gasteiger partial charge in [0.05, 0.1) is 33.1 Å². The van der Waals surface area contributed by atoms with Crippen molar-refractivity contribution in [2.45, 2.75) is 18.9 Å². The second kappa shape index (κ2) is 10.5. The fraction of sp³-hybridized carbons (Fsp3) is 0.320. The van der Waals surface area contributed by atoms with E-state index in [-0.39, 0.29) is 11.9 Å². The molecule has 0 bridgehead atoms. The van der Waals surface area contributed by atoms with Crippen molar-refractivity contribution >= 4 is 34.5 Å². The van der Waals surface area contributed by atoms with E-state index in [1.54, 1.807) is 50.9 Å². The van der Waals surface area contributed by atoms with Gasteiger partial charge in [0.25, 0.3) is 0 Å². The van der Waals surface area contributed by atoms with Crippen molar-refractivity contribution < 1.29 is 19.0 Å². The van der Waals surface area contributed by atoms with Gasteiger partial charge in [0.2, 0.25) is 5.91 Å². The van der Waals surface area contributed by atoms with Crippen molar-refractivity contribution in [2.24, 2.45) is 0 Å². The number of hydrogen-bond acceptors (Lipinski definition) is 6. The van der Waals surface area contributed by atoms with Crippen LogP contribution < -0.4 is 19.5 Å². The molecule has 0 aliphatic carbocycles. The van der Waals surface area contributed by atoms with E-state index in [1.807, 2.05) is 0 Å². The van der Waals surface area contributed by atoms with E-state index in [9.17, 15) is 4.79 Å². The molecule has 3 aromatic rings. The minimum Gasteiger partial charge on any atom is -0.495 e. The summed E-state index contributed by atoms with van der Waals surface area (Å²) in [5, 5.41) is 5.56. The normalized spacial score (nSPS) is 15.6. The molecule has 1 unspecified atom stereocenters. The molecular formula is C25H27ClN2O4S. The van der Waals surface area contributed by atoms with Crippen LogP contribution in [-0.4, -0.2) is 45.2 Å². The highest BCUT2D eigenvalue weighted by Gasteiger charge is 2.31. The molecule has 1 N–H and O–H groups in total. The van der Waals surface area contributed by atoms with E-state index in [4.69, 9.17) is 25.8 Å². The molecule has 33 heavy (non-hydrogen) atoms. The first-order valence-corrected chi connectivity index (χ1v) is 12.0. The molecule has 1 aliphatic rings. The van der Waals surface area contributed by atoms with Gasteiger partial charge in [-0.15, -0.1) is 11.3 Å². The summed E-state index contributed by atoms with van der Waals surface area (Å²) >= 11 is 7.81.